The van der Waals surface area contributed by atoms with Crippen LogP contribution in [0.4, 0.5) is 5.82 Å². The van der Waals surface area contributed by atoms with E-state index in [-0.39, 0.29) is 12.0 Å². The third-order valence-electron chi connectivity index (χ3n) is 3.41. The van der Waals surface area contributed by atoms with Crippen molar-refractivity contribution in [2.24, 2.45) is 5.41 Å². The minimum atomic E-state index is -0.120. The Morgan fingerprint density at radius 3 is 2.88 bits per heavy atom. The third-order valence-corrected chi connectivity index (χ3v) is 3.41. The van der Waals surface area contributed by atoms with Crippen LogP contribution in [0.25, 0.3) is 0 Å². The number of nitrogens with zero attached hydrogens (tertiary/aromatic N) is 2. The quantitative estimate of drug-likeness (QED) is 0.789. The van der Waals surface area contributed by atoms with E-state index >= 15 is 0 Å². The fraction of sp³-hybridized carbons (Fsp3) is 0.667. The molecule has 1 aliphatic carbocycles. The highest BCUT2D eigenvalue weighted by atomic mass is 16.5. The molecule has 3 rings (SSSR count). The van der Waals surface area contributed by atoms with E-state index in [1.165, 1.54) is 12.8 Å². The molecule has 1 aromatic heterocycles. The van der Waals surface area contributed by atoms with Gasteiger partial charge in [-0.2, -0.15) is 0 Å². The molecule has 1 aliphatic heterocycles. The molecule has 0 radical (unpaired) electrons. The number of hydrogen-bond donors (Lipinski definition) is 2. The van der Waals surface area contributed by atoms with Crippen molar-refractivity contribution in [2.45, 2.75) is 18.8 Å². The molecule has 5 nitrogen and oxygen atoms in total. The molecule has 92 valence electrons. The summed E-state index contributed by atoms with van der Waals surface area (Å²) in [7, 11) is 0. The normalized spacial score (nSPS) is 21.9. The van der Waals surface area contributed by atoms with Gasteiger partial charge in [-0.1, -0.05) is 0 Å². The SMILES string of the molecule is OCC1(CNc2ccnc(C3CC3)n2)COC1. The largest absolute Gasteiger partial charge is 0.396 e. The fourth-order valence-electron chi connectivity index (χ4n) is 1.93. The summed E-state index contributed by atoms with van der Waals surface area (Å²) < 4.78 is 5.16. The first-order chi connectivity index (χ1) is 8.31. The zero-order valence-corrected chi connectivity index (χ0v) is 9.72. The first kappa shape index (κ1) is 10.9. The van der Waals surface area contributed by atoms with Crippen LogP contribution in [0.2, 0.25) is 0 Å². The molecule has 0 spiro atoms. The number of anilines is 1. The zero-order valence-electron chi connectivity index (χ0n) is 9.72. The summed E-state index contributed by atoms with van der Waals surface area (Å²) in [6.45, 7) is 2.10. The Hall–Kier alpha value is -1.20. The minimum Gasteiger partial charge on any atom is -0.396 e. The van der Waals surface area contributed by atoms with Gasteiger partial charge in [0.25, 0.3) is 0 Å². The second-order valence-electron chi connectivity index (χ2n) is 5.08. The lowest BCUT2D eigenvalue weighted by Crippen LogP contribution is -2.50. The highest BCUT2D eigenvalue weighted by Crippen LogP contribution is 2.38. The van der Waals surface area contributed by atoms with E-state index < -0.39 is 0 Å². The van der Waals surface area contributed by atoms with Crippen molar-refractivity contribution in [3.05, 3.63) is 18.1 Å². The maximum absolute atomic E-state index is 9.31. The summed E-state index contributed by atoms with van der Waals surface area (Å²) in [5.74, 6) is 2.36. The molecule has 0 amide bonds. The van der Waals surface area contributed by atoms with E-state index in [0.717, 1.165) is 11.6 Å². The maximum atomic E-state index is 9.31. The first-order valence-corrected chi connectivity index (χ1v) is 6.07. The van der Waals surface area contributed by atoms with Crippen LogP contribution >= 0.6 is 0 Å². The summed E-state index contributed by atoms with van der Waals surface area (Å²) in [5.41, 5.74) is -0.120. The summed E-state index contributed by atoms with van der Waals surface area (Å²) >= 11 is 0. The van der Waals surface area contributed by atoms with Crippen LogP contribution in [-0.2, 0) is 4.74 Å². The van der Waals surface area contributed by atoms with Gasteiger partial charge in [0, 0.05) is 18.7 Å². The van der Waals surface area contributed by atoms with Gasteiger partial charge in [0.1, 0.15) is 11.6 Å². The van der Waals surface area contributed by atoms with Crippen LogP contribution in [0.15, 0.2) is 12.3 Å². The number of nitrogens with one attached hydrogen (secondary N) is 1. The molecular weight excluding hydrogens is 218 g/mol. The van der Waals surface area contributed by atoms with E-state index in [4.69, 9.17) is 4.74 Å². The molecule has 1 saturated carbocycles. The van der Waals surface area contributed by atoms with Crippen LogP contribution in [0, 0.1) is 5.41 Å². The summed E-state index contributed by atoms with van der Waals surface area (Å²) in [6, 6.07) is 1.87. The van der Waals surface area contributed by atoms with Gasteiger partial charge in [0.15, 0.2) is 0 Å². The molecule has 2 N–H and O–H groups in total. The van der Waals surface area contributed by atoms with E-state index in [1.54, 1.807) is 6.20 Å². The molecular formula is C12H17N3O2. The Morgan fingerprint density at radius 2 is 2.29 bits per heavy atom. The van der Waals surface area contributed by atoms with Gasteiger partial charge >= 0.3 is 0 Å². The van der Waals surface area contributed by atoms with Gasteiger partial charge in [-0.25, -0.2) is 9.97 Å². The highest BCUT2D eigenvalue weighted by molar-refractivity contribution is 5.34. The average Bonchev–Trinajstić information content (AvgIpc) is 3.12. The number of ether oxygens (including phenoxy) is 1. The number of aromatic nitrogens is 2. The molecule has 0 atom stereocenters. The summed E-state index contributed by atoms with van der Waals surface area (Å²) in [4.78, 5) is 8.76. The monoisotopic (exact) mass is 235 g/mol. The standard InChI is InChI=1S/C12H17N3O2/c16-6-12(7-17-8-12)5-14-10-3-4-13-11(15-10)9-1-2-9/h3-4,9,16H,1-2,5-8H2,(H,13,14,15). The molecule has 1 aromatic rings. The Balaban J connectivity index is 1.62. The molecule has 2 heterocycles. The van der Waals surface area contributed by atoms with Crippen molar-refractivity contribution in [1.82, 2.24) is 9.97 Å². The van der Waals surface area contributed by atoms with Crippen LogP contribution in [-0.4, -0.2) is 41.4 Å². The lowest BCUT2D eigenvalue weighted by molar-refractivity contribution is -0.128. The molecule has 5 heteroatoms. The lowest BCUT2D eigenvalue weighted by atomic mass is 9.87. The molecule has 17 heavy (non-hydrogen) atoms. The zero-order chi connectivity index (χ0) is 11.7. The predicted molar refractivity (Wildman–Crippen MR) is 62.8 cm³/mol. The average molecular weight is 235 g/mol. The van der Waals surface area contributed by atoms with E-state index in [0.29, 0.717) is 25.7 Å². The molecule has 1 saturated heterocycles. The number of aliphatic hydroxyl groups is 1. The molecule has 0 bridgehead atoms. The summed E-state index contributed by atoms with van der Waals surface area (Å²) in [6.07, 6.45) is 4.21. The van der Waals surface area contributed by atoms with Gasteiger partial charge in [0.05, 0.1) is 25.2 Å². The van der Waals surface area contributed by atoms with Crippen molar-refractivity contribution in [3.63, 3.8) is 0 Å². The van der Waals surface area contributed by atoms with Crippen LogP contribution in [0.5, 0.6) is 0 Å². The number of aliphatic hydroxyl groups excluding tert-OH is 1. The Bertz CT molecular complexity index is 397. The number of rotatable bonds is 5. The maximum Gasteiger partial charge on any atom is 0.133 e. The van der Waals surface area contributed by atoms with Crippen LogP contribution in [0.1, 0.15) is 24.6 Å². The van der Waals surface area contributed by atoms with E-state index in [9.17, 15) is 5.11 Å². The van der Waals surface area contributed by atoms with Gasteiger partial charge < -0.3 is 15.2 Å². The second kappa shape index (κ2) is 4.23. The van der Waals surface area contributed by atoms with Crippen molar-refractivity contribution in [1.29, 1.82) is 0 Å². The molecule has 0 aromatic carbocycles. The van der Waals surface area contributed by atoms with Crippen LogP contribution < -0.4 is 5.32 Å². The fourth-order valence-corrected chi connectivity index (χ4v) is 1.93. The molecule has 2 fully saturated rings. The van der Waals surface area contributed by atoms with Gasteiger partial charge in [-0.3, -0.25) is 0 Å². The smallest absolute Gasteiger partial charge is 0.133 e. The third kappa shape index (κ3) is 2.25. The van der Waals surface area contributed by atoms with Crippen molar-refractivity contribution >= 4 is 5.82 Å². The highest BCUT2D eigenvalue weighted by Gasteiger charge is 2.38. The first-order valence-electron chi connectivity index (χ1n) is 6.07. The molecule has 0 unspecified atom stereocenters. The number of hydrogen-bond acceptors (Lipinski definition) is 5. The van der Waals surface area contributed by atoms with Crippen molar-refractivity contribution in [3.8, 4) is 0 Å². The van der Waals surface area contributed by atoms with Crippen molar-refractivity contribution < 1.29 is 9.84 Å². The second-order valence-corrected chi connectivity index (χ2v) is 5.08. The lowest BCUT2D eigenvalue weighted by Gasteiger charge is -2.39. The Kier molecular flexibility index (Phi) is 2.72. The van der Waals surface area contributed by atoms with Crippen molar-refractivity contribution in [2.75, 3.05) is 31.7 Å². The van der Waals surface area contributed by atoms with Gasteiger partial charge in [-0.05, 0) is 18.9 Å². The van der Waals surface area contributed by atoms with E-state index in [2.05, 4.69) is 15.3 Å². The predicted octanol–water partition coefficient (Wildman–Crippen LogP) is 0.775. The van der Waals surface area contributed by atoms with Crippen LogP contribution in [0.3, 0.4) is 0 Å². The van der Waals surface area contributed by atoms with Gasteiger partial charge in [0.2, 0.25) is 0 Å². The topological polar surface area (TPSA) is 67.3 Å². The minimum absolute atomic E-state index is 0.120. The van der Waals surface area contributed by atoms with Gasteiger partial charge in [-0.15, -0.1) is 0 Å². The van der Waals surface area contributed by atoms with E-state index in [1.807, 2.05) is 6.07 Å². The Morgan fingerprint density at radius 1 is 1.47 bits per heavy atom. The Labute approximate surface area is 100 Å². The summed E-state index contributed by atoms with van der Waals surface area (Å²) in [5, 5.41) is 12.6. The molecule has 2 aliphatic rings.